The van der Waals surface area contributed by atoms with E-state index in [9.17, 15) is 8.42 Å². The maximum Gasteiger partial charge on any atom is 0.244 e. The van der Waals surface area contributed by atoms with Crippen molar-refractivity contribution >= 4 is 15.7 Å². The third kappa shape index (κ3) is 2.59. The fraction of sp³-hybridized carbons (Fsp3) is 0.500. The Balaban J connectivity index is 2.28. The summed E-state index contributed by atoms with van der Waals surface area (Å²) in [6.45, 7) is 0.607. The van der Waals surface area contributed by atoms with E-state index in [4.69, 9.17) is 10.5 Å². The largest absolute Gasteiger partial charge is 0.491 e. The number of sulfonamides is 1. The van der Waals surface area contributed by atoms with Crippen LogP contribution in [-0.2, 0) is 10.0 Å². The first-order valence-corrected chi connectivity index (χ1v) is 7.30. The topological polar surface area (TPSA) is 72.6 Å². The van der Waals surface area contributed by atoms with Crippen LogP contribution in [0.3, 0.4) is 0 Å². The molecule has 0 aliphatic heterocycles. The first kappa shape index (κ1) is 13.2. The molecule has 100 valence electrons. The van der Waals surface area contributed by atoms with Gasteiger partial charge < -0.3 is 10.5 Å². The average molecular weight is 270 g/mol. The monoisotopic (exact) mass is 270 g/mol. The van der Waals surface area contributed by atoms with E-state index < -0.39 is 10.0 Å². The van der Waals surface area contributed by atoms with Crippen molar-refractivity contribution in [2.45, 2.75) is 17.7 Å². The van der Waals surface area contributed by atoms with Crippen LogP contribution in [0.5, 0.6) is 5.75 Å². The molecule has 6 heteroatoms. The summed E-state index contributed by atoms with van der Waals surface area (Å²) in [5.74, 6) is 1.04. The standard InChI is InChI=1S/C12H18N2O3S/c1-14(2)18(15,16)11-5-3-4-10(12(11)13)17-8-9-6-7-9/h3-5,9H,6-8,13H2,1-2H3. The van der Waals surface area contributed by atoms with E-state index in [1.54, 1.807) is 12.1 Å². The lowest BCUT2D eigenvalue weighted by Crippen LogP contribution is -2.23. The summed E-state index contributed by atoms with van der Waals surface area (Å²) in [6.07, 6.45) is 2.35. The highest BCUT2D eigenvalue weighted by Crippen LogP contribution is 2.33. The van der Waals surface area contributed by atoms with Crippen LogP contribution in [0.1, 0.15) is 12.8 Å². The Morgan fingerprint density at radius 3 is 2.61 bits per heavy atom. The number of hydrogen-bond donors (Lipinski definition) is 1. The van der Waals surface area contributed by atoms with Gasteiger partial charge in [0.15, 0.2) is 0 Å². The molecule has 0 aromatic heterocycles. The summed E-state index contributed by atoms with van der Waals surface area (Å²) < 4.78 is 30.8. The second-order valence-corrected chi connectivity index (χ2v) is 6.83. The zero-order valence-electron chi connectivity index (χ0n) is 10.6. The van der Waals surface area contributed by atoms with Gasteiger partial charge in [-0.3, -0.25) is 0 Å². The van der Waals surface area contributed by atoms with Crippen molar-refractivity contribution in [1.29, 1.82) is 0 Å². The molecule has 0 unspecified atom stereocenters. The number of nitrogens with zero attached hydrogens (tertiary/aromatic N) is 1. The lowest BCUT2D eigenvalue weighted by molar-refractivity contribution is 0.300. The van der Waals surface area contributed by atoms with E-state index in [1.165, 1.54) is 33.0 Å². The predicted molar refractivity (Wildman–Crippen MR) is 69.9 cm³/mol. The Morgan fingerprint density at radius 2 is 2.06 bits per heavy atom. The Bertz CT molecular complexity index is 536. The van der Waals surface area contributed by atoms with Crippen LogP contribution in [0.25, 0.3) is 0 Å². The van der Waals surface area contributed by atoms with Crippen LogP contribution in [0.2, 0.25) is 0 Å². The summed E-state index contributed by atoms with van der Waals surface area (Å²) in [7, 11) is -0.567. The third-order valence-electron chi connectivity index (χ3n) is 2.96. The number of nitrogens with two attached hydrogens (primary N) is 1. The fourth-order valence-corrected chi connectivity index (χ4v) is 2.59. The van der Waals surface area contributed by atoms with Crippen LogP contribution >= 0.6 is 0 Å². The van der Waals surface area contributed by atoms with Crippen molar-refractivity contribution in [2.24, 2.45) is 5.92 Å². The summed E-state index contributed by atoms with van der Waals surface area (Å²) in [4.78, 5) is 0.0980. The van der Waals surface area contributed by atoms with Gasteiger partial charge in [0.2, 0.25) is 10.0 Å². The number of anilines is 1. The van der Waals surface area contributed by atoms with Crippen LogP contribution in [0, 0.1) is 5.92 Å². The first-order chi connectivity index (χ1) is 8.43. The Hall–Kier alpha value is -1.27. The molecule has 1 fully saturated rings. The van der Waals surface area contributed by atoms with Crippen molar-refractivity contribution in [3.63, 3.8) is 0 Å². The zero-order chi connectivity index (χ0) is 13.3. The summed E-state index contributed by atoms with van der Waals surface area (Å²) in [5, 5.41) is 0. The molecular weight excluding hydrogens is 252 g/mol. The number of rotatable bonds is 5. The van der Waals surface area contributed by atoms with Crippen LogP contribution in [0.4, 0.5) is 5.69 Å². The van der Waals surface area contributed by atoms with Gasteiger partial charge in [-0.2, -0.15) is 0 Å². The average Bonchev–Trinajstić information content (AvgIpc) is 3.11. The molecule has 2 rings (SSSR count). The van der Waals surface area contributed by atoms with Crippen molar-refractivity contribution in [2.75, 3.05) is 26.4 Å². The quantitative estimate of drug-likeness (QED) is 0.819. The van der Waals surface area contributed by atoms with E-state index in [0.717, 1.165) is 4.31 Å². The fourth-order valence-electron chi connectivity index (χ4n) is 1.56. The molecule has 0 bridgehead atoms. The highest BCUT2D eigenvalue weighted by molar-refractivity contribution is 7.89. The first-order valence-electron chi connectivity index (χ1n) is 5.86. The zero-order valence-corrected chi connectivity index (χ0v) is 11.4. The summed E-state index contributed by atoms with van der Waals surface area (Å²) in [6, 6.07) is 4.84. The molecule has 18 heavy (non-hydrogen) atoms. The van der Waals surface area contributed by atoms with E-state index >= 15 is 0 Å². The van der Waals surface area contributed by atoms with E-state index in [2.05, 4.69) is 0 Å². The third-order valence-corrected chi connectivity index (χ3v) is 4.83. The molecule has 0 saturated heterocycles. The Morgan fingerprint density at radius 1 is 1.39 bits per heavy atom. The molecule has 0 spiro atoms. The molecular formula is C12H18N2O3S. The second kappa shape index (κ2) is 4.78. The molecule has 2 N–H and O–H groups in total. The van der Waals surface area contributed by atoms with Crippen molar-refractivity contribution in [3.05, 3.63) is 18.2 Å². The minimum atomic E-state index is -3.52. The number of hydrogen-bond acceptors (Lipinski definition) is 4. The number of para-hydroxylation sites is 1. The van der Waals surface area contributed by atoms with E-state index in [0.29, 0.717) is 18.3 Å². The lowest BCUT2D eigenvalue weighted by atomic mass is 10.3. The number of nitrogen functional groups attached to an aromatic ring is 1. The van der Waals surface area contributed by atoms with Gasteiger partial charge in [0, 0.05) is 14.1 Å². The van der Waals surface area contributed by atoms with Gasteiger partial charge in [0.1, 0.15) is 10.6 Å². The molecule has 1 saturated carbocycles. The minimum Gasteiger partial charge on any atom is -0.491 e. The molecule has 0 amide bonds. The van der Waals surface area contributed by atoms with Crippen molar-refractivity contribution in [1.82, 2.24) is 4.31 Å². The van der Waals surface area contributed by atoms with Gasteiger partial charge in [0.25, 0.3) is 0 Å². The van der Waals surface area contributed by atoms with Gasteiger partial charge in [0.05, 0.1) is 12.3 Å². The maximum atomic E-state index is 12.0. The summed E-state index contributed by atoms with van der Waals surface area (Å²) in [5.41, 5.74) is 6.07. The highest BCUT2D eigenvalue weighted by Gasteiger charge is 2.25. The minimum absolute atomic E-state index is 0.0980. The van der Waals surface area contributed by atoms with Gasteiger partial charge >= 0.3 is 0 Å². The Labute approximate surface area is 108 Å². The molecule has 1 aromatic rings. The molecule has 0 heterocycles. The van der Waals surface area contributed by atoms with Crippen LogP contribution in [-0.4, -0.2) is 33.4 Å². The number of ether oxygens (including phenoxy) is 1. The van der Waals surface area contributed by atoms with Crippen molar-refractivity contribution in [3.8, 4) is 5.75 Å². The lowest BCUT2D eigenvalue weighted by Gasteiger charge is -2.15. The smallest absolute Gasteiger partial charge is 0.244 e. The normalized spacial score (nSPS) is 15.9. The van der Waals surface area contributed by atoms with Crippen LogP contribution < -0.4 is 10.5 Å². The predicted octanol–water partition coefficient (Wildman–Crippen LogP) is 1.31. The van der Waals surface area contributed by atoms with Gasteiger partial charge in [-0.1, -0.05) is 6.07 Å². The number of benzene rings is 1. The van der Waals surface area contributed by atoms with Gasteiger partial charge in [-0.05, 0) is 30.9 Å². The van der Waals surface area contributed by atoms with E-state index in [-0.39, 0.29) is 10.6 Å². The molecule has 0 atom stereocenters. The second-order valence-electron chi connectivity index (χ2n) is 4.71. The highest BCUT2D eigenvalue weighted by atomic mass is 32.2. The van der Waals surface area contributed by atoms with Crippen LogP contribution in [0.15, 0.2) is 23.1 Å². The molecule has 1 aliphatic rings. The van der Waals surface area contributed by atoms with E-state index in [1.807, 2.05) is 0 Å². The molecule has 0 radical (unpaired) electrons. The van der Waals surface area contributed by atoms with Crippen molar-refractivity contribution < 1.29 is 13.2 Å². The maximum absolute atomic E-state index is 12.0. The Kier molecular flexibility index (Phi) is 3.49. The molecule has 1 aromatic carbocycles. The SMILES string of the molecule is CN(C)S(=O)(=O)c1cccc(OCC2CC2)c1N. The van der Waals surface area contributed by atoms with Gasteiger partial charge in [-0.25, -0.2) is 12.7 Å². The molecule has 1 aliphatic carbocycles. The van der Waals surface area contributed by atoms with Gasteiger partial charge in [-0.15, -0.1) is 0 Å². The summed E-state index contributed by atoms with van der Waals surface area (Å²) >= 11 is 0. The molecule has 5 nitrogen and oxygen atoms in total.